The summed E-state index contributed by atoms with van der Waals surface area (Å²) in [4.78, 5) is 6.65. The SMILES string of the molecule is CCc1cc(CNC(=NC)N2CCC(OCCCOC)CC2)on1. The predicted octanol–water partition coefficient (Wildman–Crippen LogP) is 1.83. The molecule has 0 aliphatic carbocycles. The molecule has 0 unspecified atom stereocenters. The number of nitrogens with zero attached hydrogens (tertiary/aromatic N) is 3. The molecule has 0 amide bonds. The van der Waals surface area contributed by atoms with Crippen LogP contribution in [0.2, 0.25) is 0 Å². The van der Waals surface area contributed by atoms with Gasteiger partial charge in [-0.25, -0.2) is 0 Å². The van der Waals surface area contributed by atoms with Crippen molar-refractivity contribution in [2.75, 3.05) is 40.5 Å². The van der Waals surface area contributed by atoms with Gasteiger partial charge in [0.2, 0.25) is 0 Å². The normalized spacial score (nSPS) is 16.6. The lowest BCUT2D eigenvalue weighted by Crippen LogP contribution is -2.46. The highest BCUT2D eigenvalue weighted by molar-refractivity contribution is 5.79. The summed E-state index contributed by atoms with van der Waals surface area (Å²) in [6.07, 6.45) is 4.23. The monoisotopic (exact) mass is 338 g/mol. The minimum Gasteiger partial charge on any atom is -0.385 e. The number of rotatable bonds is 8. The zero-order valence-electron chi connectivity index (χ0n) is 15.1. The van der Waals surface area contributed by atoms with Gasteiger partial charge in [0, 0.05) is 46.5 Å². The topological polar surface area (TPSA) is 72.1 Å². The van der Waals surface area contributed by atoms with Crippen LogP contribution in [0.25, 0.3) is 0 Å². The first-order valence-electron chi connectivity index (χ1n) is 8.77. The Kier molecular flexibility index (Phi) is 8.04. The molecule has 0 atom stereocenters. The highest BCUT2D eigenvalue weighted by atomic mass is 16.5. The first-order valence-corrected chi connectivity index (χ1v) is 8.77. The Morgan fingerprint density at radius 1 is 1.42 bits per heavy atom. The Labute approximate surface area is 144 Å². The summed E-state index contributed by atoms with van der Waals surface area (Å²) in [5.41, 5.74) is 0.980. The summed E-state index contributed by atoms with van der Waals surface area (Å²) in [6, 6.07) is 1.99. The van der Waals surface area contributed by atoms with Gasteiger partial charge < -0.3 is 24.2 Å². The van der Waals surface area contributed by atoms with Crippen molar-refractivity contribution in [2.45, 2.75) is 45.3 Å². The van der Waals surface area contributed by atoms with Crippen molar-refractivity contribution < 1.29 is 14.0 Å². The van der Waals surface area contributed by atoms with E-state index in [1.807, 2.05) is 13.1 Å². The molecule has 7 heteroatoms. The fraction of sp³-hybridized carbons (Fsp3) is 0.765. The van der Waals surface area contributed by atoms with E-state index in [-0.39, 0.29) is 0 Å². The molecule has 1 fully saturated rings. The molecule has 0 bridgehead atoms. The molecule has 2 heterocycles. The van der Waals surface area contributed by atoms with Gasteiger partial charge in [-0.2, -0.15) is 0 Å². The van der Waals surface area contributed by atoms with E-state index in [4.69, 9.17) is 14.0 Å². The van der Waals surface area contributed by atoms with Crippen molar-refractivity contribution in [3.05, 3.63) is 17.5 Å². The van der Waals surface area contributed by atoms with Gasteiger partial charge in [-0.05, 0) is 25.7 Å². The van der Waals surface area contributed by atoms with Crippen LogP contribution in [0, 0.1) is 0 Å². The molecule has 136 valence electrons. The number of methoxy groups -OCH3 is 1. The smallest absolute Gasteiger partial charge is 0.194 e. The standard InChI is InChI=1S/C17H30N4O3/c1-4-14-12-16(24-20-14)13-19-17(18-2)21-8-6-15(7-9-21)23-11-5-10-22-3/h12,15H,4-11,13H2,1-3H3,(H,18,19). The Balaban J connectivity index is 1.70. The number of hydrogen-bond acceptors (Lipinski definition) is 5. The zero-order valence-corrected chi connectivity index (χ0v) is 15.1. The summed E-state index contributed by atoms with van der Waals surface area (Å²) in [5, 5.41) is 7.36. The molecular formula is C17H30N4O3. The minimum atomic E-state index is 0.345. The fourth-order valence-corrected chi connectivity index (χ4v) is 2.79. The van der Waals surface area contributed by atoms with E-state index in [0.717, 1.165) is 69.4 Å². The summed E-state index contributed by atoms with van der Waals surface area (Å²) in [7, 11) is 3.53. The number of guanidine groups is 1. The number of likely N-dealkylation sites (tertiary alicyclic amines) is 1. The number of aromatic nitrogens is 1. The maximum absolute atomic E-state index is 5.90. The van der Waals surface area contributed by atoms with Gasteiger partial charge >= 0.3 is 0 Å². The second kappa shape index (κ2) is 10.3. The lowest BCUT2D eigenvalue weighted by molar-refractivity contribution is 0.00988. The molecule has 0 radical (unpaired) electrons. The average Bonchev–Trinajstić information content (AvgIpc) is 3.08. The quantitative estimate of drug-likeness (QED) is 0.443. The molecule has 1 aromatic rings. The third-order valence-electron chi connectivity index (χ3n) is 4.19. The second-order valence-electron chi connectivity index (χ2n) is 5.94. The van der Waals surface area contributed by atoms with Crippen molar-refractivity contribution in [1.29, 1.82) is 0 Å². The maximum atomic E-state index is 5.90. The molecule has 7 nitrogen and oxygen atoms in total. The fourth-order valence-electron chi connectivity index (χ4n) is 2.79. The van der Waals surface area contributed by atoms with Crippen molar-refractivity contribution in [3.63, 3.8) is 0 Å². The number of aliphatic imine (C=N–C) groups is 1. The molecular weight excluding hydrogens is 308 g/mol. The Morgan fingerprint density at radius 2 is 2.21 bits per heavy atom. The number of ether oxygens (including phenoxy) is 2. The Bertz CT molecular complexity index is 496. The van der Waals surface area contributed by atoms with Gasteiger partial charge in [0.25, 0.3) is 0 Å². The van der Waals surface area contributed by atoms with Gasteiger partial charge in [-0.3, -0.25) is 4.99 Å². The molecule has 1 saturated heterocycles. The predicted molar refractivity (Wildman–Crippen MR) is 93.1 cm³/mol. The summed E-state index contributed by atoms with van der Waals surface area (Å²) < 4.78 is 16.2. The van der Waals surface area contributed by atoms with E-state index in [9.17, 15) is 0 Å². The van der Waals surface area contributed by atoms with Crippen LogP contribution in [-0.2, 0) is 22.4 Å². The Hall–Kier alpha value is -1.60. The molecule has 24 heavy (non-hydrogen) atoms. The summed E-state index contributed by atoms with van der Waals surface area (Å²) in [5.74, 6) is 1.74. The number of piperidine rings is 1. The van der Waals surface area contributed by atoms with Crippen molar-refractivity contribution in [2.24, 2.45) is 4.99 Å². The van der Waals surface area contributed by atoms with Crippen LogP contribution in [0.3, 0.4) is 0 Å². The van der Waals surface area contributed by atoms with E-state index < -0.39 is 0 Å². The van der Waals surface area contributed by atoms with Gasteiger partial charge in [-0.15, -0.1) is 0 Å². The van der Waals surface area contributed by atoms with Crippen LogP contribution in [0.1, 0.15) is 37.6 Å². The van der Waals surface area contributed by atoms with Gasteiger partial charge in [0.1, 0.15) is 0 Å². The highest BCUT2D eigenvalue weighted by Gasteiger charge is 2.22. The highest BCUT2D eigenvalue weighted by Crippen LogP contribution is 2.14. The average molecular weight is 338 g/mol. The van der Waals surface area contributed by atoms with Gasteiger partial charge in [-0.1, -0.05) is 12.1 Å². The van der Waals surface area contributed by atoms with E-state index in [0.29, 0.717) is 12.6 Å². The van der Waals surface area contributed by atoms with Gasteiger partial charge in [0.15, 0.2) is 11.7 Å². The molecule has 1 aromatic heterocycles. The largest absolute Gasteiger partial charge is 0.385 e. The second-order valence-corrected chi connectivity index (χ2v) is 5.94. The van der Waals surface area contributed by atoms with E-state index in [2.05, 4.69) is 27.3 Å². The molecule has 1 aliphatic heterocycles. The van der Waals surface area contributed by atoms with Gasteiger partial charge in [0.05, 0.1) is 18.3 Å². The zero-order chi connectivity index (χ0) is 17.2. The first-order chi connectivity index (χ1) is 11.8. The van der Waals surface area contributed by atoms with Crippen LogP contribution < -0.4 is 5.32 Å². The van der Waals surface area contributed by atoms with Crippen molar-refractivity contribution >= 4 is 5.96 Å². The lowest BCUT2D eigenvalue weighted by Gasteiger charge is -2.34. The molecule has 0 saturated carbocycles. The van der Waals surface area contributed by atoms with E-state index >= 15 is 0 Å². The first kappa shape index (κ1) is 18.7. The van der Waals surface area contributed by atoms with Crippen LogP contribution in [0.4, 0.5) is 0 Å². The van der Waals surface area contributed by atoms with Crippen molar-refractivity contribution in [1.82, 2.24) is 15.4 Å². The van der Waals surface area contributed by atoms with Crippen molar-refractivity contribution in [3.8, 4) is 0 Å². The third-order valence-corrected chi connectivity index (χ3v) is 4.19. The maximum Gasteiger partial charge on any atom is 0.194 e. The number of aryl methyl sites for hydroxylation is 1. The van der Waals surface area contributed by atoms with Crippen LogP contribution >= 0.6 is 0 Å². The lowest BCUT2D eigenvalue weighted by atomic mass is 10.1. The van der Waals surface area contributed by atoms with E-state index in [1.54, 1.807) is 7.11 Å². The Morgan fingerprint density at radius 3 is 2.83 bits per heavy atom. The minimum absolute atomic E-state index is 0.345. The summed E-state index contributed by atoms with van der Waals surface area (Å²) >= 11 is 0. The van der Waals surface area contributed by atoms with Crippen LogP contribution in [0.5, 0.6) is 0 Å². The molecule has 1 aliphatic rings. The molecule has 2 rings (SSSR count). The molecule has 0 aromatic carbocycles. The molecule has 1 N–H and O–H groups in total. The molecule has 0 spiro atoms. The third kappa shape index (κ3) is 5.79. The van der Waals surface area contributed by atoms with E-state index in [1.165, 1.54) is 0 Å². The van der Waals surface area contributed by atoms with Crippen LogP contribution in [0.15, 0.2) is 15.6 Å². The number of hydrogen-bond donors (Lipinski definition) is 1. The summed E-state index contributed by atoms with van der Waals surface area (Å²) in [6.45, 7) is 6.10. The number of nitrogens with one attached hydrogen (secondary N) is 1. The van der Waals surface area contributed by atoms with Crippen LogP contribution in [-0.4, -0.2) is 62.6 Å².